The van der Waals surface area contributed by atoms with Gasteiger partial charge in [0.1, 0.15) is 6.07 Å². The number of rotatable bonds is 3. The molecule has 1 N–H and O–H groups in total. The monoisotopic (exact) mass is 400 g/mol. The summed E-state index contributed by atoms with van der Waals surface area (Å²) in [6, 6.07) is 13.1. The number of hydrogen-bond acceptors (Lipinski definition) is 2. The number of halogens is 2. The summed E-state index contributed by atoms with van der Waals surface area (Å²) < 4.78 is 0. The van der Waals surface area contributed by atoms with E-state index < -0.39 is 11.3 Å². The average Bonchev–Trinajstić information content (AvgIpc) is 2.55. The van der Waals surface area contributed by atoms with E-state index in [2.05, 4.69) is 11.4 Å². The Balaban J connectivity index is 2.60. The highest BCUT2D eigenvalue weighted by molar-refractivity contribution is 6.43. The van der Waals surface area contributed by atoms with Crippen LogP contribution in [0.5, 0.6) is 0 Å². The average molecular weight is 401 g/mol. The molecule has 5 heteroatoms. The van der Waals surface area contributed by atoms with Crippen LogP contribution < -0.4 is 5.32 Å². The molecule has 0 saturated carbocycles. The molecule has 27 heavy (non-hydrogen) atoms. The van der Waals surface area contributed by atoms with Crippen LogP contribution in [0.4, 0.5) is 0 Å². The zero-order valence-corrected chi connectivity index (χ0v) is 17.6. The molecule has 0 aliphatic rings. The summed E-state index contributed by atoms with van der Waals surface area (Å²) in [5.74, 6) is -0.399. The number of allylic oxidation sites excluding steroid dienone is 2. The smallest absolute Gasteiger partial charge is 0.257 e. The number of carbonyl (C=O) groups excluding carboxylic acids is 1. The van der Waals surface area contributed by atoms with Gasteiger partial charge in [0.25, 0.3) is 5.91 Å². The van der Waals surface area contributed by atoms with Crippen LogP contribution >= 0.6 is 23.2 Å². The zero-order chi connectivity index (χ0) is 20.4. The highest BCUT2D eigenvalue weighted by Gasteiger charge is 2.26. The molecule has 0 aliphatic carbocycles. The highest BCUT2D eigenvalue weighted by Crippen LogP contribution is 2.32. The van der Waals surface area contributed by atoms with Crippen LogP contribution in [0.1, 0.15) is 47.8 Å². The van der Waals surface area contributed by atoms with Gasteiger partial charge in [0, 0.05) is 11.1 Å². The second-order valence-electron chi connectivity index (χ2n) is 7.54. The van der Waals surface area contributed by atoms with E-state index in [0.717, 1.165) is 16.7 Å². The van der Waals surface area contributed by atoms with Gasteiger partial charge in [0.05, 0.1) is 21.2 Å². The summed E-state index contributed by atoms with van der Waals surface area (Å²) in [6.45, 7) is 9.80. The van der Waals surface area contributed by atoms with Gasteiger partial charge in [-0.3, -0.25) is 4.79 Å². The molecule has 2 aromatic carbocycles. The van der Waals surface area contributed by atoms with Crippen LogP contribution in [-0.4, -0.2) is 5.91 Å². The van der Waals surface area contributed by atoms with Gasteiger partial charge < -0.3 is 5.32 Å². The minimum atomic E-state index is -0.469. The number of nitriles is 1. The maximum absolute atomic E-state index is 12.9. The van der Waals surface area contributed by atoms with E-state index in [4.69, 9.17) is 23.2 Å². The van der Waals surface area contributed by atoms with Gasteiger partial charge in [-0.05, 0) is 31.5 Å². The fraction of sp³-hybridized carbons (Fsp3) is 0.273. The molecule has 3 nitrogen and oxygen atoms in total. The van der Waals surface area contributed by atoms with E-state index in [1.807, 2.05) is 52.8 Å². The Morgan fingerprint density at radius 3 is 2.19 bits per heavy atom. The molecule has 0 bridgehead atoms. The van der Waals surface area contributed by atoms with Crippen LogP contribution in [0.3, 0.4) is 0 Å². The minimum Gasteiger partial charge on any atom is -0.324 e. The normalized spacial score (nSPS) is 12.2. The maximum Gasteiger partial charge on any atom is 0.257 e. The number of benzene rings is 2. The molecule has 0 unspecified atom stereocenters. The predicted octanol–water partition coefficient (Wildman–Crippen LogP) is 6.32. The van der Waals surface area contributed by atoms with Crippen LogP contribution in [0.15, 0.2) is 42.1 Å². The number of hydrogen-bond donors (Lipinski definition) is 1. The third-order valence-electron chi connectivity index (χ3n) is 4.06. The number of nitrogens with one attached hydrogen (secondary N) is 1. The van der Waals surface area contributed by atoms with Crippen LogP contribution in [0.2, 0.25) is 10.0 Å². The summed E-state index contributed by atoms with van der Waals surface area (Å²) in [6.07, 6.45) is 0. The lowest BCUT2D eigenvalue weighted by Gasteiger charge is -2.26. The van der Waals surface area contributed by atoms with Gasteiger partial charge in [-0.15, -0.1) is 0 Å². The van der Waals surface area contributed by atoms with Crippen molar-refractivity contribution in [1.29, 1.82) is 5.26 Å². The molecule has 0 atom stereocenters. The van der Waals surface area contributed by atoms with E-state index in [1.165, 1.54) is 0 Å². The Labute approximate surface area is 170 Å². The fourth-order valence-corrected chi connectivity index (χ4v) is 3.26. The molecular weight excluding hydrogens is 379 g/mol. The van der Waals surface area contributed by atoms with Gasteiger partial charge >= 0.3 is 0 Å². The SMILES string of the molecule is Cc1cc(C)cc(C(C#N)=C(NC(=O)c2cccc(Cl)c2Cl)C(C)(C)C)c1. The molecule has 0 aromatic heterocycles. The van der Waals surface area contributed by atoms with Gasteiger partial charge in [-0.1, -0.05) is 79.4 Å². The van der Waals surface area contributed by atoms with E-state index in [-0.39, 0.29) is 10.6 Å². The lowest BCUT2D eigenvalue weighted by atomic mass is 9.86. The molecule has 2 aromatic rings. The van der Waals surface area contributed by atoms with E-state index in [9.17, 15) is 10.1 Å². The topological polar surface area (TPSA) is 52.9 Å². The molecule has 0 saturated heterocycles. The van der Waals surface area contributed by atoms with Crippen molar-refractivity contribution in [2.45, 2.75) is 34.6 Å². The summed E-state index contributed by atoms with van der Waals surface area (Å²) >= 11 is 12.2. The first-order valence-corrected chi connectivity index (χ1v) is 9.29. The van der Waals surface area contributed by atoms with Crippen LogP contribution in [-0.2, 0) is 0 Å². The number of nitrogens with zero attached hydrogens (tertiary/aromatic N) is 1. The van der Waals surface area contributed by atoms with E-state index in [0.29, 0.717) is 16.3 Å². The van der Waals surface area contributed by atoms with Crippen molar-refractivity contribution in [3.63, 3.8) is 0 Å². The molecule has 1 amide bonds. The van der Waals surface area contributed by atoms with Gasteiger partial charge in [0.15, 0.2) is 0 Å². The quantitative estimate of drug-likeness (QED) is 0.612. The Hall–Kier alpha value is -2.28. The molecule has 0 radical (unpaired) electrons. The zero-order valence-electron chi connectivity index (χ0n) is 16.1. The largest absolute Gasteiger partial charge is 0.324 e. The molecule has 140 valence electrons. The number of carbonyl (C=O) groups is 1. The molecule has 0 heterocycles. The molecule has 0 fully saturated rings. The summed E-state index contributed by atoms with van der Waals surface area (Å²) in [5, 5.41) is 13.3. The maximum atomic E-state index is 12.9. The van der Waals surface area contributed by atoms with Crippen LogP contribution in [0, 0.1) is 30.6 Å². The second-order valence-corrected chi connectivity index (χ2v) is 8.33. The Bertz CT molecular complexity index is 943. The summed E-state index contributed by atoms with van der Waals surface area (Å²) in [4.78, 5) is 12.9. The van der Waals surface area contributed by atoms with Gasteiger partial charge in [-0.2, -0.15) is 5.26 Å². The van der Waals surface area contributed by atoms with Crippen LogP contribution in [0.25, 0.3) is 5.57 Å². The Kier molecular flexibility index (Phi) is 6.36. The fourth-order valence-electron chi connectivity index (χ4n) is 2.87. The lowest BCUT2D eigenvalue weighted by molar-refractivity contribution is 0.0958. The van der Waals surface area contributed by atoms with Crippen molar-refractivity contribution in [2.75, 3.05) is 0 Å². The first-order valence-electron chi connectivity index (χ1n) is 8.53. The minimum absolute atomic E-state index is 0.190. The molecule has 2 rings (SSSR count). The third-order valence-corrected chi connectivity index (χ3v) is 4.88. The van der Waals surface area contributed by atoms with Crippen molar-refractivity contribution in [1.82, 2.24) is 5.32 Å². The van der Waals surface area contributed by atoms with E-state index >= 15 is 0 Å². The standard InChI is InChI=1S/C22H22Cl2N2O/c1-13-9-14(2)11-15(10-13)17(12-25)20(22(3,4)5)26-21(27)16-7-6-8-18(23)19(16)24/h6-11H,1-5H3,(H,26,27). The lowest BCUT2D eigenvalue weighted by Crippen LogP contribution is -2.31. The second kappa shape index (κ2) is 8.17. The molecular formula is C22H22Cl2N2O. The highest BCUT2D eigenvalue weighted by atomic mass is 35.5. The molecule has 0 aliphatic heterocycles. The van der Waals surface area contributed by atoms with E-state index in [1.54, 1.807) is 18.2 Å². The van der Waals surface area contributed by atoms with Crippen molar-refractivity contribution in [3.05, 3.63) is 74.4 Å². The van der Waals surface area contributed by atoms with Crippen molar-refractivity contribution >= 4 is 34.7 Å². The number of amides is 1. The van der Waals surface area contributed by atoms with Crippen molar-refractivity contribution in [2.24, 2.45) is 5.41 Å². The predicted molar refractivity (Wildman–Crippen MR) is 112 cm³/mol. The summed E-state index contributed by atoms with van der Waals surface area (Å²) in [5.41, 5.74) is 3.65. The number of aryl methyl sites for hydroxylation is 2. The molecule has 0 spiro atoms. The summed E-state index contributed by atoms with van der Waals surface area (Å²) in [7, 11) is 0. The third kappa shape index (κ3) is 4.91. The Morgan fingerprint density at radius 2 is 1.67 bits per heavy atom. The van der Waals surface area contributed by atoms with Crippen molar-refractivity contribution in [3.8, 4) is 6.07 Å². The first kappa shape index (κ1) is 21.0. The Morgan fingerprint density at radius 1 is 1.07 bits per heavy atom. The van der Waals surface area contributed by atoms with Gasteiger partial charge in [-0.25, -0.2) is 0 Å². The van der Waals surface area contributed by atoms with Gasteiger partial charge in [0.2, 0.25) is 0 Å². The first-order chi connectivity index (χ1) is 12.5. The van der Waals surface area contributed by atoms with Crippen molar-refractivity contribution < 1.29 is 4.79 Å².